The molecule has 1 N–H and O–H groups in total. The number of nitrogens with zero attached hydrogens (tertiary/aromatic N) is 2. The molecule has 1 aliphatic carbocycles. The second-order valence-corrected chi connectivity index (χ2v) is 6.79. The fraction of sp³-hybridized carbons (Fsp3) is 0.556. The van der Waals surface area contributed by atoms with Gasteiger partial charge in [0.15, 0.2) is 0 Å². The number of nitrogens with one attached hydrogen (secondary N) is 1. The maximum atomic E-state index is 12.6. The summed E-state index contributed by atoms with van der Waals surface area (Å²) in [6.45, 7) is 1.59. The van der Waals surface area contributed by atoms with E-state index in [-0.39, 0.29) is 23.5 Å². The van der Waals surface area contributed by atoms with Crippen LogP contribution in [0.2, 0.25) is 0 Å². The molecule has 0 atom stereocenters. The van der Waals surface area contributed by atoms with E-state index in [1.165, 1.54) is 12.1 Å². The molecule has 0 spiro atoms. The van der Waals surface area contributed by atoms with Crippen molar-refractivity contribution in [2.45, 2.75) is 37.9 Å². The van der Waals surface area contributed by atoms with Crippen LogP contribution in [0.5, 0.6) is 0 Å². The molecule has 3 rings (SSSR count). The van der Waals surface area contributed by atoms with Crippen LogP contribution in [0.15, 0.2) is 24.3 Å². The van der Waals surface area contributed by atoms with Gasteiger partial charge in [0.1, 0.15) is 0 Å². The molecule has 1 aliphatic heterocycles. The minimum Gasteiger partial charge on any atom is -0.335 e. The Morgan fingerprint density at radius 3 is 2.00 bits per heavy atom. The van der Waals surface area contributed by atoms with Gasteiger partial charge >= 0.3 is 12.2 Å². The van der Waals surface area contributed by atoms with Crippen molar-refractivity contribution < 1.29 is 22.8 Å². The van der Waals surface area contributed by atoms with Gasteiger partial charge in [0.25, 0.3) is 5.91 Å². The number of amides is 3. The van der Waals surface area contributed by atoms with Gasteiger partial charge < -0.3 is 15.1 Å². The van der Waals surface area contributed by atoms with E-state index >= 15 is 0 Å². The minimum absolute atomic E-state index is 0.0986. The van der Waals surface area contributed by atoms with E-state index < -0.39 is 11.7 Å². The average Bonchev–Trinajstić information content (AvgIpc) is 3.13. The van der Waals surface area contributed by atoms with Crippen LogP contribution in [0.25, 0.3) is 0 Å². The van der Waals surface area contributed by atoms with Gasteiger partial charge in [-0.25, -0.2) is 4.79 Å². The number of urea groups is 1. The number of carbonyl (C=O) groups excluding carboxylic acids is 2. The Labute approximate surface area is 150 Å². The van der Waals surface area contributed by atoms with Crippen molar-refractivity contribution in [1.82, 2.24) is 15.1 Å². The SMILES string of the molecule is O=C(NC1CCCC1)N1CCN(C(=O)c2ccc(C(F)(F)F)cc2)CC1. The molecule has 0 bridgehead atoms. The largest absolute Gasteiger partial charge is 0.416 e. The number of carbonyl (C=O) groups is 2. The zero-order valence-corrected chi connectivity index (χ0v) is 14.4. The molecule has 2 aliphatic rings. The molecule has 3 amide bonds. The second kappa shape index (κ2) is 7.55. The summed E-state index contributed by atoms with van der Waals surface area (Å²) < 4.78 is 37.8. The summed E-state index contributed by atoms with van der Waals surface area (Å²) in [4.78, 5) is 27.9. The Hall–Kier alpha value is -2.25. The van der Waals surface area contributed by atoms with Crippen molar-refractivity contribution in [3.63, 3.8) is 0 Å². The fourth-order valence-electron chi connectivity index (χ4n) is 3.43. The summed E-state index contributed by atoms with van der Waals surface area (Å²) in [6, 6.07) is 4.37. The molecule has 8 heteroatoms. The van der Waals surface area contributed by atoms with Crippen molar-refractivity contribution in [3.8, 4) is 0 Å². The summed E-state index contributed by atoms with van der Waals surface area (Å²) in [7, 11) is 0. The van der Waals surface area contributed by atoms with Gasteiger partial charge in [0, 0.05) is 37.8 Å². The molecule has 1 aromatic rings. The van der Waals surface area contributed by atoms with Crippen LogP contribution < -0.4 is 5.32 Å². The highest BCUT2D eigenvalue weighted by Crippen LogP contribution is 2.29. The van der Waals surface area contributed by atoms with Crippen molar-refractivity contribution in [1.29, 1.82) is 0 Å². The number of hydrogen-bond donors (Lipinski definition) is 1. The molecular formula is C18H22F3N3O2. The first kappa shape index (κ1) is 18.5. The Bertz CT molecular complexity index is 647. The van der Waals surface area contributed by atoms with Gasteiger partial charge in [-0.1, -0.05) is 12.8 Å². The normalized spacial score (nSPS) is 18.9. The third kappa shape index (κ3) is 4.28. The highest BCUT2D eigenvalue weighted by molar-refractivity contribution is 5.94. The number of hydrogen-bond acceptors (Lipinski definition) is 2. The molecule has 1 saturated carbocycles. The Morgan fingerprint density at radius 1 is 0.923 bits per heavy atom. The van der Waals surface area contributed by atoms with Crippen LogP contribution in [0.3, 0.4) is 0 Å². The lowest BCUT2D eigenvalue weighted by Crippen LogP contribution is -2.54. The van der Waals surface area contributed by atoms with E-state index in [9.17, 15) is 22.8 Å². The van der Waals surface area contributed by atoms with Crippen LogP contribution in [-0.2, 0) is 6.18 Å². The minimum atomic E-state index is -4.42. The van der Waals surface area contributed by atoms with Crippen LogP contribution in [0, 0.1) is 0 Å². The first-order valence-corrected chi connectivity index (χ1v) is 8.86. The summed E-state index contributed by atoms with van der Waals surface area (Å²) in [5, 5.41) is 3.02. The number of piperazine rings is 1. The first-order valence-electron chi connectivity index (χ1n) is 8.86. The molecule has 0 unspecified atom stereocenters. The highest BCUT2D eigenvalue weighted by Gasteiger charge is 2.31. The van der Waals surface area contributed by atoms with Crippen LogP contribution >= 0.6 is 0 Å². The van der Waals surface area contributed by atoms with Gasteiger partial charge in [-0.2, -0.15) is 13.2 Å². The number of alkyl halides is 3. The molecule has 1 heterocycles. The monoisotopic (exact) mass is 369 g/mol. The van der Waals surface area contributed by atoms with E-state index in [0.717, 1.165) is 37.8 Å². The average molecular weight is 369 g/mol. The van der Waals surface area contributed by atoms with Crippen molar-refractivity contribution in [3.05, 3.63) is 35.4 Å². The van der Waals surface area contributed by atoms with Gasteiger partial charge in [-0.3, -0.25) is 4.79 Å². The number of halogens is 3. The summed E-state index contributed by atoms with van der Waals surface area (Å²) in [5.41, 5.74) is -0.552. The first-order chi connectivity index (χ1) is 12.3. The lowest BCUT2D eigenvalue weighted by molar-refractivity contribution is -0.137. The molecular weight excluding hydrogens is 347 g/mol. The topological polar surface area (TPSA) is 52.7 Å². The number of benzene rings is 1. The van der Waals surface area contributed by atoms with Crippen LogP contribution in [-0.4, -0.2) is 54.0 Å². The predicted molar refractivity (Wildman–Crippen MR) is 89.7 cm³/mol. The van der Waals surface area contributed by atoms with E-state index in [1.807, 2.05) is 0 Å². The summed E-state index contributed by atoms with van der Waals surface area (Å²) in [6.07, 6.45) is -0.114. The Kier molecular flexibility index (Phi) is 5.38. The highest BCUT2D eigenvalue weighted by atomic mass is 19.4. The van der Waals surface area contributed by atoms with Crippen molar-refractivity contribution in [2.75, 3.05) is 26.2 Å². The van der Waals surface area contributed by atoms with Crippen molar-refractivity contribution >= 4 is 11.9 Å². The van der Waals surface area contributed by atoms with Gasteiger partial charge in [0.2, 0.25) is 0 Å². The van der Waals surface area contributed by atoms with Crippen LogP contribution in [0.1, 0.15) is 41.6 Å². The van der Waals surface area contributed by atoms with E-state index in [0.29, 0.717) is 26.2 Å². The second-order valence-electron chi connectivity index (χ2n) is 6.79. The zero-order valence-electron chi connectivity index (χ0n) is 14.4. The summed E-state index contributed by atoms with van der Waals surface area (Å²) in [5.74, 6) is -0.311. The smallest absolute Gasteiger partial charge is 0.335 e. The number of rotatable bonds is 2. The molecule has 2 fully saturated rings. The van der Waals surface area contributed by atoms with Gasteiger partial charge in [-0.15, -0.1) is 0 Å². The molecule has 0 radical (unpaired) electrons. The fourth-order valence-corrected chi connectivity index (χ4v) is 3.43. The molecule has 5 nitrogen and oxygen atoms in total. The third-order valence-corrected chi connectivity index (χ3v) is 5.00. The molecule has 1 aromatic carbocycles. The maximum absolute atomic E-state index is 12.6. The lowest BCUT2D eigenvalue weighted by Gasteiger charge is -2.35. The zero-order chi connectivity index (χ0) is 18.7. The summed E-state index contributed by atoms with van der Waals surface area (Å²) >= 11 is 0. The molecule has 0 aromatic heterocycles. The Balaban J connectivity index is 1.52. The predicted octanol–water partition coefficient (Wildman–Crippen LogP) is 3.12. The maximum Gasteiger partial charge on any atom is 0.416 e. The Morgan fingerprint density at radius 2 is 1.46 bits per heavy atom. The van der Waals surface area contributed by atoms with E-state index in [4.69, 9.17) is 0 Å². The van der Waals surface area contributed by atoms with E-state index in [2.05, 4.69) is 5.32 Å². The molecule has 142 valence electrons. The lowest BCUT2D eigenvalue weighted by atomic mass is 10.1. The van der Waals surface area contributed by atoms with Crippen molar-refractivity contribution in [2.24, 2.45) is 0 Å². The van der Waals surface area contributed by atoms with Gasteiger partial charge in [0.05, 0.1) is 5.56 Å². The third-order valence-electron chi connectivity index (χ3n) is 5.00. The molecule has 1 saturated heterocycles. The van der Waals surface area contributed by atoms with Crippen LogP contribution in [0.4, 0.5) is 18.0 Å². The van der Waals surface area contributed by atoms with Gasteiger partial charge in [-0.05, 0) is 37.1 Å². The molecule has 26 heavy (non-hydrogen) atoms. The quantitative estimate of drug-likeness (QED) is 0.871. The van der Waals surface area contributed by atoms with E-state index in [1.54, 1.807) is 9.80 Å². The standard InChI is InChI=1S/C18H22F3N3O2/c19-18(20,21)14-7-5-13(6-8-14)16(25)23-9-11-24(12-10-23)17(26)22-15-3-1-2-4-15/h5-8,15H,1-4,9-12H2,(H,22,26).